The van der Waals surface area contributed by atoms with Crippen LogP contribution in [0.15, 0.2) is 36.4 Å². The van der Waals surface area contributed by atoms with Gasteiger partial charge in [0, 0.05) is 5.56 Å². The number of aryl methyl sites for hydroxylation is 1. The Morgan fingerprint density at radius 1 is 1.22 bits per heavy atom. The third-order valence-corrected chi connectivity index (χ3v) is 3.85. The molecule has 6 heteroatoms. The zero-order valence-corrected chi connectivity index (χ0v) is 12.9. The highest BCUT2D eigenvalue weighted by molar-refractivity contribution is 5.97. The number of ketones is 1. The Bertz CT molecular complexity index is 769. The molecule has 0 saturated carbocycles. The van der Waals surface area contributed by atoms with Crippen LogP contribution >= 0.6 is 0 Å². The van der Waals surface area contributed by atoms with Crippen LogP contribution in [0.4, 0.5) is 5.69 Å². The summed E-state index contributed by atoms with van der Waals surface area (Å²) in [6, 6.07) is 10.5. The topological polar surface area (TPSA) is 86.5 Å². The molecule has 0 saturated heterocycles. The van der Waals surface area contributed by atoms with Gasteiger partial charge in [0.15, 0.2) is 0 Å². The molecule has 0 aliphatic heterocycles. The van der Waals surface area contributed by atoms with Gasteiger partial charge in [-0.1, -0.05) is 30.3 Å². The number of hydrogen-bond acceptors (Lipinski definition) is 5. The Morgan fingerprint density at radius 3 is 2.52 bits per heavy atom. The highest BCUT2D eigenvalue weighted by Crippen LogP contribution is 2.31. The first-order valence-corrected chi connectivity index (χ1v) is 7.19. The van der Waals surface area contributed by atoms with Gasteiger partial charge in [-0.3, -0.25) is 19.7 Å². The SMILES string of the molecule is COC(=O)C(CCc1ccc2ccccc2c1[N+](=O)[O-])C(C)=O. The van der Waals surface area contributed by atoms with E-state index >= 15 is 0 Å². The van der Waals surface area contributed by atoms with Crippen molar-refractivity contribution in [3.05, 3.63) is 52.1 Å². The largest absolute Gasteiger partial charge is 0.468 e. The average Bonchev–Trinajstić information content (AvgIpc) is 2.53. The number of nitro groups is 1. The molecule has 0 N–H and O–H groups in total. The Morgan fingerprint density at radius 2 is 1.91 bits per heavy atom. The molecule has 2 aromatic carbocycles. The summed E-state index contributed by atoms with van der Waals surface area (Å²) in [5.41, 5.74) is 0.527. The number of nitrogens with zero attached hydrogens (tertiary/aromatic N) is 1. The first-order valence-electron chi connectivity index (χ1n) is 7.19. The van der Waals surface area contributed by atoms with Gasteiger partial charge in [0.1, 0.15) is 11.7 Å². The molecule has 2 aromatic rings. The van der Waals surface area contributed by atoms with Crippen molar-refractivity contribution in [3.63, 3.8) is 0 Å². The maximum Gasteiger partial charge on any atom is 0.316 e. The van der Waals surface area contributed by atoms with E-state index in [4.69, 9.17) is 0 Å². The minimum Gasteiger partial charge on any atom is -0.468 e. The Labute approximate surface area is 133 Å². The lowest BCUT2D eigenvalue weighted by Crippen LogP contribution is -2.24. The van der Waals surface area contributed by atoms with Crippen molar-refractivity contribution in [1.82, 2.24) is 0 Å². The molecule has 6 nitrogen and oxygen atoms in total. The molecule has 2 rings (SSSR count). The van der Waals surface area contributed by atoms with Crippen molar-refractivity contribution in [3.8, 4) is 0 Å². The van der Waals surface area contributed by atoms with E-state index in [-0.39, 0.29) is 24.3 Å². The zero-order valence-electron chi connectivity index (χ0n) is 12.9. The molecule has 0 spiro atoms. The van der Waals surface area contributed by atoms with Gasteiger partial charge >= 0.3 is 5.97 Å². The quantitative estimate of drug-likeness (QED) is 0.354. The fourth-order valence-electron chi connectivity index (χ4n) is 2.65. The molecule has 0 aliphatic rings. The minimum absolute atomic E-state index is 0.0234. The molecular formula is C17H17NO5. The van der Waals surface area contributed by atoms with Crippen molar-refractivity contribution in [2.75, 3.05) is 7.11 Å². The van der Waals surface area contributed by atoms with Gasteiger partial charge in [-0.15, -0.1) is 0 Å². The second-order valence-corrected chi connectivity index (χ2v) is 5.28. The monoisotopic (exact) mass is 315 g/mol. The number of esters is 1. The van der Waals surface area contributed by atoms with Crippen LogP contribution in [0.25, 0.3) is 10.8 Å². The molecule has 120 valence electrons. The van der Waals surface area contributed by atoms with E-state index in [1.54, 1.807) is 30.3 Å². The van der Waals surface area contributed by atoms with Crippen molar-refractivity contribution in [1.29, 1.82) is 0 Å². The molecule has 0 aromatic heterocycles. The lowest BCUT2D eigenvalue weighted by molar-refractivity contribution is -0.383. The normalized spacial score (nSPS) is 11.9. The molecule has 0 aliphatic carbocycles. The van der Waals surface area contributed by atoms with Gasteiger partial charge in [0.05, 0.1) is 17.4 Å². The van der Waals surface area contributed by atoms with Crippen LogP contribution in [0.1, 0.15) is 18.9 Å². The van der Waals surface area contributed by atoms with E-state index in [2.05, 4.69) is 4.74 Å². The lowest BCUT2D eigenvalue weighted by atomic mass is 9.94. The number of nitro benzene ring substituents is 1. The Balaban J connectivity index is 2.36. The van der Waals surface area contributed by atoms with Crippen LogP contribution in [0.3, 0.4) is 0 Å². The van der Waals surface area contributed by atoms with Gasteiger partial charge in [0.2, 0.25) is 0 Å². The van der Waals surface area contributed by atoms with Crippen molar-refractivity contribution >= 4 is 28.2 Å². The standard InChI is InChI=1S/C17H17NO5/c1-11(19)14(17(20)23-2)10-9-13-8-7-12-5-3-4-6-15(12)16(13)18(21)22/h3-8,14H,9-10H2,1-2H3. The first kappa shape index (κ1) is 16.6. The van der Waals surface area contributed by atoms with Gasteiger partial charge in [-0.2, -0.15) is 0 Å². The highest BCUT2D eigenvalue weighted by Gasteiger charge is 2.26. The number of Topliss-reactive ketones (excluding diaryl/α,β-unsaturated/α-hetero) is 1. The van der Waals surface area contributed by atoms with Crippen LogP contribution in [0.5, 0.6) is 0 Å². The molecule has 0 radical (unpaired) electrons. The number of fused-ring (bicyclic) bond motifs is 1. The fourth-order valence-corrected chi connectivity index (χ4v) is 2.65. The molecule has 23 heavy (non-hydrogen) atoms. The summed E-state index contributed by atoms with van der Waals surface area (Å²) < 4.78 is 4.62. The summed E-state index contributed by atoms with van der Waals surface area (Å²) in [5, 5.41) is 12.8. The lowest BCUT2D eigenvalue weighted by Gasteiger charge is -2.12. The molecule has 0 amide bonds. The number of carbonyl (C=O) groups is 2. The van der Waals surface area contributed by atoms with Gasteiger partial charge in [-0.05, 0) is 31.2 Å². The molecule has 1 unspecified atom stereocenters. The molecule has 0 fully saturated rings. The van der Waals surface area contributed by atoms with E-state index in [1.165, 1.54) is 14.0 Å². The minimum atomic E-state index is -0.897. The zero-order chi connectivity index (χ0) is 17.0. The second-order valence-electron chi connectivity index (χ2n) is 5.28. The maximum absolute atomic E-state index is 11.6. The third kappa shape index (κ3) is 3.53. The van der Waals surface area contributed by atoms with Crippen LogP contribution in [-0.4, -0.2) is 23.8 Å². The second kappa shape index (κ2) is 7.00. The van der Waals surface area contributed by atoms with Crippen LogP contribution < -0.4 is 0 Å². The van der Waals surface area contributed by atoms with E-state index in [1.807, 2.05) is 6.07 Å². The third-order valence-electron chi connectivity index (χ3n) is 3.85. The van der Waals surface area contributed by atoms with Crippen molar-refractivity contribution < 1.29 is 19.2 Å². The summed E-state index contributed by atoms with van der Waals surface area (Å²) in [5.74, 6) is -1.81. The van der Waals surface area contributed by atoms with Gasteiger partial charge in [0.25, 0.3) is 5.69 Å². The summed E-state index contributed by atoms with van der Waals surface area (Å²) in [6.07, 6.45) is 0.432. The van der Waals surface area contributed by atoms with Crippen molar-refractivity contribution in [2.24, 2.45) is 5.92 Å². The van der Waals surface area contributed by atoms with Crippen molar-refractivity contribution in [2.45, 2.75) is 19.8 Å². The summed E-state index contributed by atoms with van der Waals surface area (Å²) in [6.45, 7) is 1.32. The average molecular weight is 315 g/mol. The Hall–Kier alpha value is -2.76. The number of hydrogen-bond donors (Lipinski definition) is 0. The van der Waals surface area contributed by atoms with E-state index in [9.17, 15) is 19.7 Å². The predicted octanol–water partition coefficient (Wildman–Crippen LogP) is 3.06. The molecule has 1 atom stereocenters. The number of rotatable bonds is 6. The summed E-state index contributed by atoms with van der Waals surface area (Å²) in [7, 11) is 1.22. The molecule has 0 bridgehead atoms. The predicted molar refractivity (Wildman–Crippen MR) is 85.1 cm³/mol. The highest BCUT2D eigenvalue weighted by atomic mass is 16.6. The van der Waals surface area contributed by atoms with Crippen LogP contribution in [-0.2, 0) is 20.7 Å². The van der Waals surface area contributed by atoms with E-state index in [0.717, 1.165) is 5.39 Å². The number of benzene rings is 2. The summed E-state index contributed by atoms with van der Waals surface area (Å²) >= 11 is 0. The molecule has 0 heterocycles. The summed E-state index contributed by atoms with van der Waals surface area (Å²) in [4.78, 5) is 34.2. The van der Waals surface area contributed by atoms with Gasteiger partial charge < -0.3 is 4.74 Å². The fraction of sp³-hybridized carbons (Fsp3) is 0.294. The molecular weight excluding hydrogens is 298 g/mol. The van der Waals surface area contributed by atoms with E-state index in [0.29, 0.717) is 10.9 Å². The van der Waals surface area contributed by atoms with Gasteiger partial charge in [-0.25, -0.2) is 0 Å². The van der Waals surface area contributed by atoms with Crippen LogP contribution in [0, 0.1) is 16.0 Å². The smallest absolute Gasteiger partial charge is 0.316 e. The van der Waals surface area contributed by atoms with E-state index < -0.39 is 16.8 Å². The number of carbonyl (C=O) groups excluding carboxylic acids is 2. The number of ether oxygens (including phenoxy) is 1. The first-order chi connectivity index (χ1) is 11.0. The Kier molecular flexibility index (Phi) is 5.05. The van der Waals surface area contributed by atoms with Crippen LogP contribution in [0.2, 0.25) is 0 Å². The maximum atomic E-state index is 11.6. The number of methoxy groups -OCH3 is 1.